The first-order valence-corrected chi connectivity index (χ1v) is 49.3. The second kappa shape index (κ2) is 27.1. The van der Waals surface area contributed by atoms with Gasteiger partial charge in [0.2, 0.25) is 0 Å². The Morgan fingerprint density at radius 2 is 0.558 bits per heavy atom. The Morgan fingerprint density at radius 1 is 0.250 bits per heavy atom. The predicted molar refractivity (Wildman–Crippen MR) is 516 cm³/mol. The molecule has 0 unspecified atom stereocenters. The topological polar surface area (TPSA) is 39.2 Å². The lowest BCUT2D eigenvalue weighted by molar-refractivity contribution is 0.634. The third-order valence-electron chi connectivity index (χ3n) is 26.4. The summed E-state index contributed by atoms with van der Waals surface area (Å²) in [7, 11) is -4.29. The standard InChI is InChI=1S/C58H48N2OSi.C52H36N2OS2Si/c1-57(2)47-27-15-13-23-41(47)43-25-17-29-49(53(43)57)59(37-19-9-7-10-20-37)39-32-34-52-46(35-39)55-56(62(52,5)6)45-33-31-40(36-51(45)61-55)60(38-21-11-8-12-22-38)50-30-18-26-44-42-24-14-16-28-48(42)58(3,4)54(44)50;1-58(2)48-30-28-35(53(33-15-5-3-6-16-33)43-23-13-21-39-37-19-9-11-25-46(37)56-50(39)43)31-42(48)49-52(58)41-29-27-36(32-45(41)55-49)54(34-17-7-4-8-18-34)44-24-14-22-40-38-20-10-12-26-47(38)57-51(40)44/h7-36H,1-6H3;3-32H,1-2H3. The maximum atomic E-state index is 7.20. The minimum Gasteiger partial charge on any atom is -0.456 e. The van der Waals surface area contributed by atoms with Crippen molar-refractivity contribution in [2.24, 2.45) is 0 Å². The molecule has 20 aromatic rings. The lowest BCUT2D eigenvalue weighted by Crippen LogP contribution is -2.49. The highest BCUT2D eigenvalue weighted by Gasteiger charge is 2.46. The van der Waals surface area contributed by atoms with Gasteiger partial charge in [-0.25, -0.2) is 0 Å². The van der Waals surface area contributed by atoms with E-state index in [1.807, 2.05) is 22.7 Å². The lowest BCUT2D eigenvalue weighted by Gasteiger charge is -2.32. The van der Waals surface area contributed by atoms with Crippen LogP contribution in [0.4, 0.5) is 68.2 Å². The molecule has 0 saturated carbocycles. The van der Waals surface area contributed by atoms with Crippen LogP contribution in [0.1, 0.15) is 49.9 Å². The summed E-state index contributed by atoms with van der Waals surface area (Å²) in [5, 5.41) is 13.2. The largest absolute Gasteiger partial charge is 0.456 e. The van der Waals surface area contributed by atoms with Crippen LogP contribution in [0.5, 0.6) is 0 Å². The third-order valence-corrected chi connectivity index (χ3v) is 35.9. The van der Waals surface area contributed by atoms with E-state index < -0.39 is 16.1 Å². The predicted octanol–water partition coefficient (Wildman–Crippen LogP) is 29.7. The van der Waals surface area contributed by atoms with E-state index in [0.717, 1.165) is 68.2 Å². The number of nitrogens with zero attached hydrogens (tertiary/aromatic N) is 4. The quantitative estimate of drug-likeness (QED) is 0.114. The maximum absolute atomic E-state index is 7.20. The van der Waals surface area contributed by atoms with Gasteiger partial charge in [-0.15, -0.1) is 22.7 Å². The number of hydrogen-bond acceptors (Lipinski definition) is 8. The highest BCUT2D eigenvalue weighted by molar-refractivity contribution is 7.27. The van der Waals surface area contributed by atoms with Gasteiger partial charge in [-0.05, 0) is 199 Å². The van der Waals surface area contributed by atoms with Crippen molar-refractivity contribution in [2.75, 3.05) is 19.6 Å². The van der Waals surface area contributed by atoms with Crippen molar-refractivity contribution in [3.05, 3.63) is 386 Å². The van der Waals surface area contributed by atoms with Crippen LogP contribution < -0.4 is 40.3 Å². The minimum absolute atomic E-state index is 0.169. The highest BCUT2D eigenvalue weighted by Crippen LogP contribution is 2.58. The summed E-state index contributed by atoms with van der Waals surface area (Å²) in [5.74, 6) is 2.04. The molecule has 2 aliphatic heterocycles. The van der Waals surface area contributed by atoms with Gasteiger partial charge in [-0.2, -0.15) is 0 Å². The number of anilines is 12. The number of hydrogen-bond donors (Lipinski definition) is 0. The van der Waals surface area contributed by atoms with E-state index in [4.69, 9.17) is 8.83 Å². The molecule has 0 fully saturated rings. The van der Waals surface area contributed by atoms with Crippen molar-refractivity contribution in [3.8, 4) is 44.9 Å². The molecule has 0 radical (unpaired) electrons. The molecule has 6 nitrogen and oxygen atoms in total. The molecular weight excluding hydrogens is 1530 g/mol. The van der Waals surface area contributed by atoms with Crippen molar-refractivity contribution in [1.29, 1.82) is 0 Å². The molecule has 0 amide bonds. The summed E-state index contributed by atoms with van der Waals surface area (Å²) >= 11 is 3.73. The first kappa shape index (κ1) is 71.9. The molecule has 576 valence electrons. The van der Waals surface area contributed by atoms with E-state index in [1.54, 1.807) is 0 Å². The monoisotopic (exact) mass is 1610 g/mol. The minimum atomic E-state index is -2.16. The zero-order valence-corrected chi connectivity index (χ0v) is 71.7. The lowest BCUT2D eigenvalue weighted by atomic mass is 9.81. The molecule has 16 aromatic carbocycles. The third kappa shape index (κ3) is 10.8. The molecule has 10 heteroatoms. The van der Waals surface area contributed by atoms with E-state index in [9.17, 15) is 0 Å². The molecule has 0 N–H and O–H groups in total. The normalized spacial score (nSPS) is 14.3. The summed E-state index contributed by atoms with van der Waals surface area (Å²) in [6, 6.07) is 134. The number of para-hydroxylation sites is 4. The average Bonchev–Trinajstić information content (AvgIpc) is 1.52. The van der Waals surface area contributed by atoms with Gasteiger partial charge < -0.3 is 28.4 Å². The Hall–Kier alpha value is -13.3. The second-order valence-corrected chi connectivity index (χ2v) is 45.3. The number of fused-ring (bicyclic) bond motifs is 22. The Labute approximate surface area is 709 Å². The van der Waals surface area contributed by atoms with Crippen LogP contribution in [-0.4, -0.2) is 16.1 Å². The molecule has 0 saturated heterocycles. The Kier molecular flexibility index (Phi) is 16.3. The first-order valence-electron chi connectivity index (χ1n) is 41.7. The maximum Gasteiger partial charge on any atom is 0.136 e. The van der Waals surface area contributed by atoms with E-state index in [0.29, 0.717) is 0 Å². The molecule has 0 bridgehead atoms. The van der Waals surface area contributed by atoms with E-state index in [1.165, 1.54) is 150 Å². The Bertz CT molecular complexity index is 7590. The van der Waals surface area contributed by atoms with Gasteiger partial charge in [0.15, 0.2) is 0 Å². The van der Waals surface area contributed by atoms with Gasteiger partial charge in [0.25, 0.3) is 0 Å². The van der Waals surface area contributed by atoms with Crippen LogP contribution in [0.2, 0.25) is 26.2 Å². The van der Waals surface area contributed by atoms with Gasteiger partial charge in [0.1, 0.15) is 38.8 Å². The SMILES string of the molecule is CC1(C)c2ccccc2-c2cccc(N(c3ccccc3)c3ccc4c(c3)-c3oc5cc(N(c6ccccc6)c6cccc7c6C(C)(C)c6ccccc6-7)ccc5c3[Si]4(C)C)c21.C[Si]1(C)c2ccc(N(c3ccccc3)c3cccc4c3sc3ccccc34)cc2-c2oc3cc(N(c4ccccc4)c4cccc5c4sc4ccccc45)ccc3c21. The number of benzene rings is 16. The molecule has 6 heterocycles. The fourth-order valence-corrected chi connectivity index (χ4v) is 29.9. The van der Waals surface area contributed by atoms with Crippen molar-refractivity contribution < 1.29 is 8.83 Å². The Balaban J connectivity index is 0.000000140. The van der Waals surface area contributed by atoms with Crippen molar-refractivity contribution >= 4 is 190 Å². The fourth-order valence-electron chi connectivity index (χ4n) is 21.0. The van der Waals surface area contributed by atoms with Crippen molar-refractivity contribution in [2.45, 2.75) is 64.7 Å². The highest BCUT2D eigenvalue weighted by atomic mass is 32.1. The van der Waals surface area contributed by atoms with Gasteiger partial charge >= 0.3 is 0 Å². The fraction of sp³-hybridized carbons (Fsp3) is 0.0909. The number of thiophene rings is 2. The summed E-state index contributed by atoms with van der Waals surface area (Å²) < 4.78 is 19.5. The van der Waals surface area contributed by atoms with Crippen LogP contribution in [-0.2, 0) is 10.8 Å². The van der Waals surface area contributed by atoms with Gasteiger partial charge in [-0.1, -0.05) is 272 Å². The molecule has 4 aliphatic rings. The molecular formula is C110H84N4O2S2Si2. The van der Waals surface area contributed by atoms with Crippen molar-refractivity contribution in [1.82, 2.24) is 0 Å². The summed E-state index contributed by atoms with van der Waals surface area (Å²) in [6.07, 6.45) is 0. The van der Waals surface area contributed by atoms with Crippen LogP contribution in [0.25, 0.3) is 107 Å². The first-order chi connectivity index (χ1) is 58.6. The van der Waals surface area contributed by atoms with E-state index in [-0.39, 0.29) is 10.8 Å². The summed E-state index contributed by atoms with van der Waals surface area (Å²) in [5.41, 5.74) is 28.3. The number of furan rings is 2. The second-order valence-electron chi connectivity index (χ2n) is 34.6. The molecule has 4 aromatic heterocycles. The molecule has 2 aliphatic carbocycles. The van der Waals surface area contributed by atoms with Gasteiger partial charge in [-0.3, -0.25) is 0 Å². The summed E-state index contributed by atoms with van der Waals surface area (Å²) in [6.45, 7) is 19.4. The summed E-state index contributed by atoms with van der Waals surface area (Å²) in [4.78, 5) is 9.73. The van der Waals surface area contributed by atoms with Crippen molar-refractivity contribution in [3.63, 3.8) is 0 Å². The van der Waals surface area contributed by atoms with E-state index in [2.05, 4.69) is 437 Å². The van der Waals surface area contributed by atoms with Gasteiger partial charge in [0, 0.05) is 121 Å². The number of rotatable bonds is 12. The van der Waals surface area contributed by atoms with E-state index >= 15 is 0 Å². The van der Waals surface area contributed by atoms with Crippen LogP contribution in [0, 0.1) is 0 Å². The van der Waals surface area contributed by atoms with Crippen LogP contribution in [0.3, 0.4) is 0 Å². The molecule has 120 heavy (non-hydrogen) atoms. The zero-order valence-electron chi connectivity index (χ0n) is 68.1. The van der Waals surface area contributed by atoms with Crippen LogP contribution >= 0.6 is 22.7 Å². The smallest absolute Gasteiger partial charge is 0.136 e. The zero-order chi connectivity index (χ0) is 80.7. The van der Waals surface area contributed by atoms with Gasteiger partial charge in [0.05, 0.1) is 32.1 Å². The Morgan fingerprint density at radius 3 is 0.958 bits per heavy atom. The molecule has 24 rings (SSSR count). The molecule has 0 atom stereocenters. The van der Waals surface area contributed by atoms with Crippen LogP contribution in [0.15, 0.2) is 373 Å². The molecule has 0 spiro atoms. The average molecular weight is 1610 g/mol.